The molecule has 0 saturated carbocycles. The Bertz CT molecular complexity index is 1130. The van der Waals surface area contributed by atoms with E-state index in [0.717, 1.165) is 23.8 Å². The molecule has 142 valence electrons. The van der Waals surface area contributed by atoms with E-state index in [-0.39, 0.29) is 17.5 Å². The first-order valence-electron chi connectivity index (χ1n) is 8.69. The van der Waals surface area contributed by atoms with Crippen LogP contribution in [0.3, 0.4) is 0 Å². The first-order chi connectivity index (χ1) is 13.5. The second-order valence-corrected chi connectivity index (χ2v) is 6.55. The van der Waals surface area contributed by atoms with Gasteiger partial charge in [-0.05, 0) is 42.3 Å². The van der Waals surface area contributed by atoms with Crippen molar-refractivity contribution in [2.24, 2.45) is 0 Å². The molecule has 0 aliphatic heterocycles. The summed E-state index contributed by atoms with van der Waals surface area (Å²) in [6.07, 6.45) is 1.69. The molecular formula is C21H17ClN2O4. The molecule has 6 nitrogen and oxygen atoms in total. The van der Waals surface area contributed by atoms with E-state index >= 15 is 0 Å². The summed E-state index contributed by atoms with van der Waals surface area (Å²) in [5.41, 5.74) is 1.73. The van der Waals surface area contributed by atoms with Crippen molar-refractivity contribution in [2.45, 2.75) is 19.8 Å². The molecule has 2 aromatic carbocycles. The van der Waals surface area contributed by atoms with Gasteiger partial charge in [-0.25, -0.2) is 4.79 Å². The van der Waals surface area contributed by atoms with Crippen LogP contribution in [0.15, 0.2) is 51.7 Å². The van der Waals surface area contributed by atoms with Gasteiger partial charge >= 0.3 is 5.63 Å². The number of amides is 1. The van der Waals surface area contributed by atoms with Crippen LogP contribution in [0.5, 0.6) is 5.75 Å². The predicted molar refractivity (Wildman–Crippen MR) is 107 cm³/mol. The third-order valence-electron chi connectivity index (χ3n) is 4.06. The van der Waals surface area contributed by atoms with Crippen molar-refractivity contribution < 1.29 is 13.9 Å². The fourth-order valence-corrected chi connectivity index (χ4v) is 3.03. The molecule has 0 unspecified atom stereocenters. The summed E-state index contributed by atoms with van der Waals surface area (Å²) in [6.45, 7) is 1.81. The maximum absolute atomic E-state index is 12.1. The summed E-state index contributed by atoms with van der Waals surface area (Å²) in [5.74, 6) is 0.0272. The van der Waals surface area contributed by atoms with Gasteiger partial charge in [0.25, 0.3) is 5.91 Å². The molecule has 1 amide bonds. The lowest BCUT2D eigenvalue weighted by Gasteiger charge is -2.09. The maximum atomic E-state index is 12.1. The standard InChI is InChI=1S/C21H17ClN2O4/c1-2-3-13-8-21(26)28-19-10-16(6-7-17(13)19)27-12-20(25)24-15-5-4-14(11-23)18(22)9-15/h4-10H,2-3,12H2,1H3,(H,24,25). The SMILES string of the molecule is CCCc1cc(=O)oc2cc(OCC(=O)Nc3ccc(C#N)c(Cl)c3)ccc12. The lowest BCUT2D eigenvalue weighted by atomic mass is 10.1. The van der Waals surface area contributed by atoms with Gasteiger partial charge in [0.1, 0.15) is 17.4 Å². The Hall–Kier alpha value is -3.30. The van der Waals surface area contributed by atoms with Crippen LogP contribution < -0.4 is 15.7 Å². The molecular weight excluding hydrogens is 380 g/mol. The quantitative estimate of drug-likeness (QED) is 0.627. The lowest BCUT2D eigenvalue weighted by Crippen LogP contribution is -2.20. The van der Waals surface area contributed by atoms with Crippen LogP contribution in [0.4, 0.5) is 5.69 Å². The molecule has 1 heterocycles. The number of nitrogens with zero attached hydrogens (tertiary/aromatic N) is 1. The molecule has 1 N–H and O–H groups in total. The van der Waals surface area contributed by atoms with Crippen LogP contribution in [-0.2, 0) is 11.2 Å². The number of carbonyl (C=O) groups excluding carboxylic acids is 1. The number of rotatable bonds is 6. The summed E-state index contributed by atoms with van der Waals surface area (Å²) in [5, 5.41) is 12.6. The number of nitriles is 1. The summed E-state index contributed by atoms with van der Waals surface area (Å²) < 4.78 is 10.8. The molecule has 0 bridgehead atoms. The van der Waals surface area contributed by atoms with E-state index in [0.29, 0.717) is 22.6 Å². The van der Waals surface area contributed by atoms with Gasteiger partial charge in [-0.1, -0.05) is 24.9 Å². The molecule has 0 radical (unpaired) electrons. The molecule has 0 fully saturated rings. The normalized spacial score (nSPS) is 10.5. The van der Waals surface area contributed by atoms with Gasteiger partial charge < -0.3 is 14.5 Å². The van der Waals surface area contributed by atoms with Crippen molar-refractivity contribution in [2.75, 3.05) is 11.9 Å². The van der Waals surface area contributed by atoms with Crippen LogP contribution in [-0.4, -0.2) is 12.5 Å². The van der Waals surface area contributed by atoms with E-state index in [9.17, 15) is 9.59 Å². The highest BCUT2D eigenvalue weighted by atomic mass is 35.5. The van der Waals surface area contributed by atoms with Gasteiger partial charge in [-0.15, -0.1) is 0 Å². The number of fused-ring (bicyclic) bond motifs is 1. The van der Waals surface area contributed by atoms with E-state index in [1.165, 1.54) is 18.2 Å². The number of benzene rings is 2. The largest absolute Gasteiger partial charge is 0.484 e. The van der Waals surface area contributed by atoms with Crippen molar-refractivity contribution in [1.82, 2.24) is 0 Å². The number of halogens is 1. The number of hydrogen-bond acceptors (Lipinski definition) is 5. The Morgan fingerprint density at radius 1 is 1.25 bits per heavy atom. The Morgan fingerprint density at radius 3 is 2.79 bits per heavy atom. The second kappa shape index (κ2) is 8.59. The second-order valence-electron chi connectivity index (χ2n) is 6.14. The van der Waals surface area contributed by atoms with E-state index < -0.39 is 5.63 Å². The molecule has 0 aliphatic rings. The fourth-order valence-electron chi connectivity index (χ4n) is 2.81. The molecule has 0 spiro atoms. The Morgan fingerprint density at radius 2 is 2.07 bits per heavy atom. The molecule has 0 aliphatic carbocycles. The monoisotopic (exact) mass is 396 g/mol. The number of nitrogens with one attached hydrogen (secondary N) is 1. The molecule has 1 aromatic heterocycles. The Kier molecular flexibility index (Phi) is 5.97. The van der Waals surface area contributed by atoms with Crippen molar-refractivity contribution >= 4 is 34.2 Å². The molecule has 28 heavy (non-hydrogen) atoms. The highest BCUT2D eigenvalue weighted by Gasteiger charge is 2.09. The van der Waals surface area contributed by atoms with E-state index in [1.54, 1.807) is 18.2 Å². The number of carbonyl (C=O) groups is 1. The lowest BCUT2D eigenvalue weighted by molar-refractivity contribution is -0.118. The van der Waals surface area contributed by atoms with Crippen LogP contribution in [0.2, 0.25) is 5.02 Å². The summed E-state index contributed by atoms with van der Waals surface area (Å²) in [4.78, 5) is 23.8. The Labute approximate surface area is 166 Å². The predicted octanol–water partition coefficient (Wildman–Crippen LogP) is 4.29. The topological polar surface area (TPSA) is 92.3 Å². The minimum atomic E-state index is -0.413. The van der Waals surface area contributed by atoms with Crippen LogP contribution >= 0.6 is 11.6 Å². The van der Waals surface area contributed by atoms with Crippen molar-refractivity contribution in [3.63, 3.8) is 0 Å². The van der Waals surface area contributed by atoms with Gasteiger partial charge in [0.2, 0.25) is 0 Å². The molecule has 3 aromatic rings. The van der Waals surface area contributed by atoms with E-state index in [2.05, 4.69) is 5.32 Å². The first kappa shape index (κ1) is 19.5. The van der Waals surface area contributed by atoms with Gasteiger partial charge in [-0.3, -0.25) is 4.79 Å². The minimum absolute atomic E-state index is 0.234. The van der Waals surface area contributed by atoms with E-state index in [1.807, 2.05) is 19.1 Å². The smallest absolute Gasteiger partial charge is 0.336 e. The van der Waals surface area contributed by atoms with Crippen molar-refractivity contribution in [1.29, 1.82) is 5.26 Å². The zero-order valence-electron chi connectivity index (χ0n) is 15.1. The number of hydrogen-bond donors (Lipinski definition) is 1. The maximum Gasteiger partial charge on any atom is 0.336 e. The summed E-state index contributed by atoms with van der Waals surface area (Å²) >= 11 is 5.95. The molecule has 7 heteroatoms. The Balaban J connectivity index is 1.69. The molecule has 3 rings (SSSR count). The van der Waals surface area contributed by atoms with Gasteiger partial charge in [0.15, 0.2) is 6.61 Å². The first-order valence-corrected chi connectivity index (χ1v) is 9.07. The average molecular weight is 397 g/mol. The number of ether oxygens (including phenoxy) is 1. The van der Waals surface area contributed by atoms with Crippen LogP contribution in [0.25, 0.3) is 11.0 Å². The fraction of sp³-hybridized carbons (Fsp3) is 0.190. The number of anilines is 1. The summed E-state index contributed by atoms with van der Waals surface area (Å²) in [6, 6.07) is 13.2. The zero-order valence-corrected chi connectivity index (χ0v) is 15.9. The average Bonchev–Trinajstić information content (AvgIpc) is 2.66. The highest BCUT2D eigenvalue weighted by Crippen LogP contribution is 2.24. The third-order valence-corrected chi connectivity index (χ3v) is 4.38. The molecule has 0 atom stereocenters. The van der Waals surface area contributed by atoms with Gasteiger partial charge in [0.05, 0.1) is 10.6 Å². The van der Waals surface area contributed by atoms with Gasteiger partial charge in [0, 0.05) is 23.2 Å². The van der Waals surface area contributed by atoms with Crippen LogP contribution in [0.1, 0.15) is 24.5 Å². The minimum Gasteiger partial charge on any atom is -0.484 e. The summed E-state index contributed by atoms with van der Waals surface area (Å²) in [7, 11) is 0. The third kappa shape index (κ3) is 4.51. The van der Waals surface area contributed by atoms with Crippen LogP contribution in [0, 0.1) is 11.3 Å². The number of aryl methyl sites for hydroxylation is 1. The van der Waals surface area contributed by atoms with Crippen molar-refractivity contribution in [3.05, 3.63) is 69.0 Å². The zero-order chi connectivity index (χ0) is 20.1. The van der Waals surface area contributed by atoms with Gasteiger partial charge in [-0.2, -0.15) is 5.26 Å². The van der Waals surface area contributed by atoms with Crippen molar-refractivity contribution in [3.8, 4) is 11.8 Å². The van der Waals surface area contributed by atoms with E-state index in [4.69, 9.17) is 26.0 Å². The highest BCUT2D eigenvalue weighted by molar-refractivity contribution is 6.32. The molecule has 0 saturated heterocycles.